The highest BCUT2D eigenvalue weighted by Gasteiger charge is 2.01. The normalized spacial score (nSPS) is 9.38. The number of carbonyl (C=O) groups excluding carboxylic acids is 2. The van der Waals surface area contributed by atoms with Crippen LogP contribution in [-0.2, 0) is 9.59 Å². The quantitative estimate of drug-likeness (QED) is 0.672. The van der Waals surface area contributed by atoms with Crippen molar-refractivity contribution in [2.45, 2.75) is 19.8 Å². The van der Waals surface area contributed by atoms with Crippen molar-refractivity contribution < 1.29 is 9.59 Å². The van der Waals surface area contributed by atoms with Crippen molar-refractivity contribution in [3.05, 3.63) is 0 Å². The lowest BCUT2D eigenvalue weighted by Gasteiger charge is -2.03. The highest BCUT2D eigenvalue weighted by Crippen LogP contribution is 1.81. The molecule has 13 heavy (non-hydrogen) atoms. The first kappa shape index (κ1) is 12.4. The minimum absolute atomic E-state index is 0.0169. The zero-order valence-electron chi connectivity index (χ0n) is 7.73. The number of amides is 2. The van der Waals surface area contributed by atoms with Crippen LogP contribution in [-0.4, -0.2) is 30.2 Å². The van der Waals surface area contributed by atoms with E-state index in [1.165, 1.54) is 0 Å². The van der Waals surface area contributed by atoms with Gasteiger partial charge in [0, 0.05) is 19.5 Å². The largest absolute Gasteiger partial charge is 0.356 e. The molecular formula is C8H15BrN2O2. The molecule has 0 rings (SSSR count). The van der Waals surface area contributed by atoms with Crippen molar-refractivity contribution in [1.82, 2.24) is 10.6 Å². The van der Waals surface area contributed by atoms with Crippen LogP contribution in [0.2, 0.25) is 0 Å². The monoisotopic (exact) mass is 250 g/mol. The summed E-state index contributed by atoms with van der Waals surface area (Å²) in [6.07, 6.45) is 1.28. The summed E-state index contributed by atoms with van der Waals surface area (Å²) in [4.78, 5) is 21.7. The van der Waals surface area contributed by atoms with Gasteiger partial charge in [-0.25, -0.2) is 0 Å². The van der Waals surface area contributed by atoms with Crippen LogP contribution in [0, 0.1) is 0 Å². The number of halogens is 1. The van der Waals surface area contributed by atoms with E-state index in [1.807, 2.05) is 6.92 Å². The van der Waals surface area contributed by atoms with Crippen molar-refractivity contribution in [1.29, 1.82) is 0 Å². The molecule has 0 bridgehead atoms. The molecule has 2 amide bonds. The molecule has 0 aromatic carbocycles. The third kappa shape index (κ3) is 7.77. The zero-order valence-corrected chi connectivity index (χ0v) is 9.32. The summed E-state index contributed by atoms with van der Waals surface area (Å²) in [5.74, 6) is -0.111. The summed E-state index contributed by atoms with van der Waals surface area (Å²) in [7, 11) is 0. The standard InChI is InChI=1S/C8H15BrN2O2/c1-2-4-10-7(12)3-5-11-8(13)6-9/h2-6H2,1H3,(H,10,12)(H,11,13). The Balaban J connectivity index is 3.31. The molecule has 0 atom stereocenters. The van der Waals surface area contributed by atoms with Crippen molar-refractivity contribution in [3.8, 4) is 0 Å². The summed E-state index contributed by atoms with van der Waals surface area (Å²) in [5.41, 5.74) is 0. The Hall–Kier alpha value is -0.580. The van der Waals surface area contributed by atoms with E-state index in [0.717, 1.165) is 6.42 Å². The second-order valence-corrected chi connectivity index (χ2v) is 3.14. The van der Waals surface area contributed by atoms with E-state index in [-0.39, 0.29) is 17.1 Å². The van der Waals surface area contributed by atoms with Crippen molar-refractivity contribution in [3.63, 3.8) is 0 Å². The van der Waals surface area contributed by atoms with Crippen LogP contribution in [0.5, 0.6) is 0 Å². The van der Waals surface area contributed by atoms with Crippen molar-refractivity contribution >= 4 is 27.7 Å². The Morgan fingerprint density at radius 2 is 1.77 bits per heavy atom. The lowest BCUT2D eigenvalue weighted by molar-refractivity contribution is -0.121. The van der Waals surface area contributed by atoms with Crippen LogP contribution in [0.15, 0.2) is 0 Å². The number of hydrogen-bond acceptors (Lipinski definition) is 2. The molecule has 0 aliphatic rings. The first-order chi connectivity index (χ1) is 6.20. The second-order valence-electron chi connectivity index (χ2n) is 2.58. The predicted octanol–water partition coefficient (Wildman–Crippen LogP) is 0.414. The van der Waals surface area contributed by atoms with E-state index in [1.54, 1.807) is 0 Å². The van der Waals surface area contributed by atoms with E-state index < -0.39 is 0 Å². The van der Waals surface area contributed by atoms with Crippen LogP contribution in [0.25, 0.3) is 0 Å². The van der Waals surface area contributed by atoms with Gasteiger partial charge in [0.2, 0.25) is 11.8 Å². The van der Waals surface area contributed by atoms with Crippen LogP contribution in [0.4, 0.5) is 0 Å². The Morgan fingerprint density at radius 1 is 1.15 bits per heavy atom. The first-order valence-electron chi connectivity index (χ1n) is 4.30. The highest BCUT2D eigenvalue weighted by molar-refractivity contribution is 9.09. The molecule has 4 nitrogen and oxygen atoms in total. The van der Waals surface area contributed by atoms with E-state index in [9.17, 15) is 9.59 Å². The molecule has 0 aromatic rings. The Morgan fingerprint density at radius 3 is 2.31 bits per heavy atom. The number of carbonyl (C=O) groups is 2. The van der Waals surface area contributed by atoms with Gasteiger partial charge in [0.05, 0.1) is 5.33 Å². The average Bonchev–Trinajstić information content (AvgIpc) is 2.14. The highest BCUT2D eigenvalue weighted by atomic mass is 79.9. The molecule has 0 saturated heterocycles. The molecule has 76 valence electrons. The van der Waals surface area contributed by atoms with Crippen molar-refractivity contribution in [2.24, 2.45) is 0 Å². The molecule has 0 aliphatic carbocycles. The van der Waals surface area contributed by atoms with Crippen molar-refractivity contribution in [2.75, 3.05) is 18.4 Å². The number of alkyl halides is 1. The minimum Gasteiger partial charge on any atom is -0.356 e. The van der Waals surface area contributed by atoms with Gasteiger partial charge in [-0.05, 0) is 6.42 Å². The minimum atomic E-state index is -0.0942. The van der Waals surface area contributed by atoms with Gasteiger partial charge >= 0.3 is 0 Å². The van der Waals surface area contributed by atoms with Crippen LogP contribution in [0.3, 0.4) is 0 Å². The number of hydrogen-bond donors (Lipinski definition) is 2. The van der Waals surface area contributed by atoms with Gasteiger partial charge in [-0.2, -0.15) is 0 Å². The summed E-state index contributed by atoms with van der Waals surface area (Å²) in [6.45, 7) is 3.10. The summed E-state index contributed by atoms with van der Waals surface area (Å²) in [6, 6.07) is 0. The van der Waals surface area contributed by atoms with Crippen LogP contribution >= 0.6 is 15.9 Å². The SMILES string of the molecule is CCCNC(=O)CCNC(=O)CBr. The van der Waals surface area contributed by atoms with Crippen LogP contribution in [0.1, 0.15) is 19.8 Å². The smallest absolute Gasteiger partial charge is 0.230 e. The Labute approximate surface area is 86.6 Å². The molecule has 0 saturated carbocycles. The lowest BCUT2D eigenvalue weighted by atomic mass is 10.3. The molecule has 0 heterocycles. The Bertz CT molecular complexity index is 174. The summed E-state index contributed by atoms with van der Waals surface area (Å²) in [5, 5.41) is 5.60. The molecule has 0 aliphatic heterocycles. The number of nitrogens with one attached hydrogen (secondary N) is 2. The topological polar surface area (TPSA) is 58.2 Å². The zero-order chi connectivity index (χ0) is 10.1. The van der Waals surface area contributed by atoms with E-state index in [4.69, 9.17) is 0 Å². The average molecular weight is 251 g/mol. The molecule has 2 N–H and O–H groups in total. The van der Waals surface area contributed by atoms with E-state index in [2.05, 4.69) is 26.6 Å². The van der Waals surface area contributed by atoms with Gasteiger partial charge in [0.1, 0.15) is 0 Å². The summed E-state index contributed by atoms with van der Waals surface area (Å²) >= 11 is 3.01. The second kappa shape index (κ2) is 8.04. The fraction of sp³-hybridized carbons (Fsp3) is 0.750. The van der Waals surface area contributed by atoms with Gasteiger partial charge in [-0.15, -0.1) is 0 Å². The fourth-order valence-corrected chi connectivity index (χ4v) is 0.914. The molecular weight excluding hydrogens is 236 g/mol. The molecule has 0 fully saturated rings. The number of rotatable bonds is 6. The van der Waals surface area contributed by atoms with Gasteiger partial charge in [-0.1, -0.05) is 22.9 Å². The van der Waals surface area contributed by atoms with Gasteiger partial charge in [0.25, 0.3) is 0 Å². The van der Waals surface area contributed by atoms with E-state index >= 15 is 0 Å². The molecule has 5 heteroatoms. The Kier molecular flexibility index (Phi) is 7.68. The maximum Gasteiger partial charge on any atom is 0.230 e. The first-order valence-corrected chi connectivity index (χ1v) is 5.42. The third-order valence-electron chi connectivity index (χ3n) is 1.37. The van der Waals surface area contributed by atoms with E-state index in [0.29, 0.717) is 19.5 Å². The molecule has 0 spiro atoms. The molecule has 0 unspecified atom stereocenters. The molecule has 0 aromatic heterocycles. The predicted molar refractivity (Wildman–Crippen MR) is 54.7 cm³/mol. The lowest BCUT2D eigenvalue weighted by Crippen LogP contribution is -2.31. The van der Waals surface area contributed by atoms with Gasteiger partial charge < -0.3 is 10.6 Å². The fourth-order valence-electron chi connectivity index (χ4n) is 0.716. The van der Waals surface area contributed by atoms with Gasteiger partial charge in [0.15, 0.2) is 0 Å². The third-order valence-corrected chi connectivity index (χ3v) is 1.88. The summed E-state index contributed by atoms with van der Waals surface area (Å²) < 4.78 is 0. The maximum absolute atomic E-state index is 11.0. The van der Waals surface area contributed by atoms with Crippen LogP contribution < -0.4 is 10.6 Å². The maximum atomic E-state index is 11.0. The molecule has 0 radical (unpaired) electrons. The van der Waals surface area contributed by atoms with Gasteiger partial charge in [-0.3, -0.25) is 9.59 Å².